The van der Waals surface area contributed by atoms with Gasteiger partial charge in [-0.25, -0.2) is 13.1 Å². The van der Waals surface area contributed by atoms with Gasteiger partial charge in [-0.15, -0.1) is 0 Å². The third kappa shape index (κ3) is 2.16. The van der Waals surface area contributed by atoms with Gasteiger partial charge in [-0.1, -0.05) is 18.2 Å². The van der Waals surface area contributed by atoms with Gasteiger partial charge in [0.25, 0.3) is 0 Å². The molecule has 1 saturated heterocycles. The summed E-state index contributed by atoms with van der Waals surface area (Å²) >= 11 is 0. The lowest BCUT2D eigenvalue weighted by atomic mass is 10.3. The third-order valence-electron chi connectivity index (χ3n) is 4.30. The summed E-state index contributed by atoms with van der Waals surface area (Å²) in [4.78, 5) is 0. The number of rotatable bonds is 3. The summed E-state index contributed by atoms with van der Waals surface area (Å²) in [6.45, 7) is 1.62. The fourth-order valence-corrected chi connectivity index (χ4v) is 4.76. The van der Waals surface area contributed by atoms with E-state index in [0.717, 1.165) is 16.9 Å². The van der Waals surface area contributed by atoms with Crippen LogP contribution in [0.1, 0.15) is 17.7 Å². The number of aromatic nitrogens is 2. The zero-order valence-corrected chi connectivity index (χ0v) is 12.9. The Labute approximate surface area is 129 Å². The molecular formula is C15H17N3O3S. The SMILES string of the molecule is O=S(=O)(C1CCOC1)N1Cc2cnn(-c3ccccc3)c2C1. The van der Waals surface area contributed by atoms with E-state index in [1.807, 2.05) is 35.0 Å². The zero-order chi connectivity index (χ0) is 15.2. The molecule has 0 bridgehead atoms. The predicted molar refractivity (Wildman–Crippen MR) is 81.0 cm³/mol. The van der Waals surface area contributed by atoms with Gasteiger partial charge < -0.3 is 4.74 Å². The minimum atomic E-state index is -3.31. The van der Waals surface area contributed by atoms with Gasteiger partial charge in [-0.3, -0.25) is 0 Å². The lowest BCUT2D eigenvalue weighted by Gasteiger charge is -2.20. The van der Waals surface area contributed by atoms with E-state index in [9.17, 15) is 8.42 Å². The largest absolute Gasteiger partial charge is 0.380 e. The van der Waals surface area contributed by atoms with Gasteiger partial charge in [0.1, 0.15) is 5.25 Å². The molecule has 1 unspecified atom stereocenters. The molecule has 22 heavy (non-hydrogen) atoms. The van der Waals surface area contributed by atoms with E-state index in [0.29, 0.717) is 32.7 Å². The van der Waals surface area contributed by atoms with Gasteiger partial charge >= 0.3 is 0 Å². The second-order valence-corrected chi connectivity index (χ2v) is 7.88. The third-order valence-corrected chi connectivity index (χ3v) is 6.49. The monoisotopic (exact) mass is 319 g/mol. The van der Waals surface area contributed by atoms with Crippen molar-refractivity contribution in [2.75, 3.05) is 13.2 Å². The van der Waals surface area contributed by atoms with Crippen LogP contribution in [-0.2, 0) is 27.8 Å². The van der Waals surface area contributed by atoms with E-state index in [4.69, 9.17) is 4.74 Å². The first kappa shape index (κ1) is 13.9. The topological polar surface area (TPSA) is 64.4 Å². The van der Waals surface area contributed by atoms with Crippen LogP contribution in [0.4, 0.5) is 0 Å². The summed E-state index contributed by atoms with van der Waals surface area (Å²) in [5, 5.41) is 3.98. The molecule has 0 N–H and O–H groups in total. The average molecular weight is 319 g/mol. The molecule has 1 fully saturated rings. The molecule has 1 aromatic carbocycles. The molecule has 0 saturated carbocycles. The molecule has 3 heterocycles. The molecule has 4 rings (SSSR count). The normalized spacial score (nSPS) is 22.1. The highest BCUT2D eigenvalue weighted by Gasteiger charge is 2.39. The molecule has 2 aliphatic heterocycles. The van der Waals surface area contributed by atoms with Gasteiger partial charge in [0.05, 0.1) is 30.7 Å². The standard InChI is InChI=1S/C15H17N3O3S/c19-22(20,14-6-7-21-11-14)17-9-12-8-16-18(15(12)10-17)13-4-2-1-3-5-13/h1-5,8,14H,6-7,9-11H2. The number of ether oxygens (including phenoxy) is 1. The van der Waals surface area contributed by atoms with Gasteiger partial charge in [-0.2, -0.15) is 9.40 Å². The molecule has 1 aromatic heterocycles. The highest BCUT2D eigenvalue weighted by Crippen LogP contribution is 2.30. The Hall–Kier alpha value is -1.70. The molecule has 2 aliphatic rings. The molecule has 116 valence electrons. The molecule has 0 spiro atoms. The molecule has 1 atom stereocenters. The van der Waals surface area contributed by atoms with Gasteiger partial charge in [-0.05, 0) is 18.6 Å². The van der Waals surface area contributed by atoms with Crippen LogP contribution in [0.25, 0.3) is 5.69 Å². The second-order valence-electron chi connectivity index (χ2n) is 5.66. The first-order valence-corrected chi connectivity index (χ1v) is 8.84. The fourth-order valence-electron chi connectivity index (χ4n) is 3.05. The van der Waals surface area contributed by atoms with Crippen molar-refractivity contribution in [3.8, 4) is 5.69 Å². The Morgan fingerprint density at radius 2 is 2.00 bits per heavy atom. The lowest BCUT2D eigenvalue weighted by molar-refractivity contribution is 0.198. The van der Waals surface area contributed by atoms with Gasteiger partial charge in [0.15, 0.2) is 0 Å². The number of hydrogen-bond donors (Lipinski definition) is 0. The van der Waals surface area contributed by atoms with E-state index < -0.39 is 15.3 Å². The molecule has 0 radical (unpaired) electrons. The highest BCUT2D eigenvalue weighted by molar-refractivity contribution is 7.89. The van der Waals surface area contributed by atoms with Crippen LogP contribution in [0.15, 0.2) is 36.5 Å². The smallest absolute Gasteiger partial charge is 0.220 e. The van der Waals surface area contributed by atoms with Crippen LogP contribution < -0.4 is 0 Å². The van der Waals surface area contributed by atoms with Crippen molar-refractivity contribution in [1.82, 2.24) is 14.1 Å². The van der Waals surface area contributed by atoms with E-state index in [-0.39, 0.29) is 0 Å². The van der Waals surface area contributed by atoms with Crippen LogP contribution in [-0.4, -0.2) is 41.0 Å². The van der Waals surface area contributed by atoms with E-state index >= 15 is 0 Å². The lowest BCUT2D eigenvalue weighted by Crippen LogP contribution is -2.36. The van der Waals surface area contributed by atoms with Crippen LogP contribution in [0.5, 0.6) is 0 Å². The number of nitrogens with zero attached hydrogens (tertiary/aromatic N) is 3. The number of benzene rings is 1. The van der Waals surface area contributed by atoms with Crippen molar-refractivity contribution in [2.45, 2.75) is 24.8 Å². The summed E-state index contributed by atoms with van der Waals surface area (Å²) in [6, 6.07) is 9.78. The Morgan fingerprint density at radius 1 is 1.18 bits per heavy atom. The molecular weight excluding hydrogens is 302 g/mol. The molecule has 0 aliphatic carbocycles. The predicted octanol–water partition coefficient (Wildman–Crippen LogP) is 1.31. The molecule has 7 heteroatoms. The van der Waals surface area contributed by atoms with Crippen molar-refractivity contribution in [3.63, 3.8) is 0 Å². The van der Waals surface area contributed by atoms with Gasteiger partial charge in [0, 0.05) is 18.7 Å². The summed E-state index contributed by atoms with van der Waals surface area (Å²) in [5.74, 6) is 0. The summed E-state index contributed by atoms with van der Waals surface area (Å²) in [6.07, 6.45) is 2.35. The molecule has 0 amide bonds. The van der Waals surface area contributed by atoms with Crippen molar-refractivity contribution in [1.29, 1.82) is 0 Å². The highest BCUT2D eigenvalue weighted by atomic mass is 32.2. The van der Waals surface area contributed by atoms with Crippen LogP contribution in [0, 0.1) is 0 Å². The number of fused-ring (bicyclic) bond motifs is 1. The Kier molecular flexibility index (Phi) is 3.28. The minimum Gasteiger partial charge on any atom is -0.380 e. The average Bonchev–Trinajstić information content (AvgIpc) is 3.24. The maximum atomic E-state index is 12.7. The Bertz CT molecular complexity index is 780. The van der Waals surface area contributed by atoms with Crippen molar-refractivity contribution < 1.29 is 13.2 Å². The van der Waals surface area contributed by atoms with Crippen LogP contribution >= 0.6 is 0 Å². The maximum Gasteiger partial charge on any atom is 0.220 e. The number of sulfonamides is 1. The van der Waals surface area contributed by atoms with Crippen molar-refractivity contribution in [2.24, 2.45) is 0 Å². The quantitative estimate of drug-likeness (QED) is 0.855. The minimum absolute atomic E-state index is 0.306. The fraction of sp³-hybridized carbons (Fsp3) is 0.400. The maximum absolute atomic E-state index is 12.7. The van der Waals surface area contributed by atoms with Crippen molar-refractivity contribution in [3.05, 3.63) is 47.8 Å². The Balaban J connectivity index is 1.63. The molecule has 2 aromatic rings. The van der Waals surface area contributed by atoms with Gasteiger partial charge in [0.2, 0.25) is 10.0 Å². The van der Waals surface area contributed by atoms with Crippen molar-refractivity contribution >= 4 is 10.0 Å². The van der Waals surface area contributed by atoms with Crippen LogP contribution in [0.3, 0.4) is 0 Å². The van der Waals surface area contributed by atoms with E-state index in [1.165, 1.54) is 0 Å². The van der Waals surface area contributed by atoms with E-state index in [2.05, 4.69) is 5.10 Å². The number of hydrogen-bond acceptors (Lipinski definition) is 4. The number of para-hydroxylation sites is 1. The summed E-state index contributed by atoms with van der Waals surface area (Å²) < 4.78 is 33.9. The first-order valence-electron chi connectivity index (χ1n) is 7.34. The second kappa shape index (κ2) is 5.19. The summed E-state index contributed by atoms with van der Waals surface area (Å²) in [7, 11) is -3.31. The Morgan fingerprint density at radius 3 is 2.73 bits per heavy atom. The van der Waals surface area contributed by atoms with Crippen LogP contribution in [0.2, 0.25) is 0 Å². The first-order chi connectivity index (χ1) is 10.7. The summed E-state index contributed by atoms with van der Waals surface area (Å²) in [5.41, 5.74) is 2.88. The van der Waals surface area contributed by atoms with E-state index in [1.54, 1.807) is 10.5 Å². The zero-order valence-electron chi connectivity index (χ0n) is 12.1. The molecule has 6 nitrogen and oxygen atoms in total.